The highest BCUT2D eigenvalue weighted by Gasteiger charge is 2.29. The van der Waals surface area contributed by atoms with Crippen LogP contribution in [0.25, 0.3) is 10.8 Å². The number of sulfonamides is 1. The Morgan fingerprint density at radius 3 is 2.59 bits per heavy atom. The number of benzene rings is 3. The molecule has 1 aliphatic rings. The summed E-state index contributed by atoms with van der Waals surface area (Å²) in [5.41, 5.74) is 2.81. The predicted molar refractivity (Wildman–Crippen MR) is 107 cm³/mol. The van der Waals surface area contributed by atoms with Crippen LogP contribution in [0.2, 0.25) is 0 Å². The van der Waals surface area contributed by atoms with Crippen LogP contribution in [0.5, 0.6) is 0 Å². The van der Waals surface area contributed by atoms with Gasteiger partial charge in [0.1, 0.15) is 6.29 Å². The Hall–Kier alpha value is -2.66. The molecular weight excluding hydrogens is 358 g/mol. The van der Waals surface area contributed by atoms with Gasteiger partial charge in [0.15, 0.2) is 0 Å². The molecule has 0 saturated heterocycles. The van der Waals surface area contributed by atoms with Gasteiger partial charge in [0.2, 0.25) is 0 Å². The van der Waals surface area contributed by atoms with E-state index in [0.29, 0.717) is 18.0 Å². The van der Waals surface area contributed by atoms with Gasteiger partial charge < -0.3 is 4.79 Å². The zero-order valence-electron chi connectivity index (χ0n) is 15.1. The second-order valence-corrected chi connectivity index (χ2v) is 8.90. The van der Waals surface area contributed by atoms with Crippen LogP contribution in [0.3, 0.4) is 0 Å². The monoisotopic (exact) mass is 379 g/mol. The van der Waals surface area contributed by atoms with Gasteiger partial charge in [-0.15, -0.1) is 0 Å². The van der Waals surface area contributed by atoms with Crippen molar-refractivity contribution in [3.8, 4) is 0 Å². The Labute approximate surface area is 159 Å². The minimum Gasteiger partial charge on any atom is -0.303 e. The number of nitrogens with one attached hydrogen (secondary N) is 1. The van der Waals surface area contributed by atoms with Gasteiger partial charge in [-0.1, -0.05) is 43.3 Å². The lowest BCUT2D eigenvalue weighted by atomic mass is 9.91. The average Bonchev–Trinajstić information content (AvgIpc) is 2.96. The maximum Gasteiger partial charge on any atom is 0.261 e. The molecule has 2 unspecified atom stereocenters. The van der Waals surface area contributed by atoms with Crippen LogP contribution >= 0.6 is 0 Å². The summed E-state index contributed by atoms with van der Waals surface area (Å²) in [6, 6.07) is 18.4. The van der Waals surface area contributed by atoms with Gasteiger partial charge in [-0.25, -0.2) is 8.42 Å². The third kappa shape index (κ3) is 3.35. The number of hydrogen-bond acceptors (Lipinski definition) is 3. The lowest BCUT2D eigenvalue weighted by molar-refractivity contribution is -0.108. The van der Waals surface area contributed by atoms with E-state index in [1.54, 1.807) is 18.2 Å². The predicted octanol–water partition coefficient (Wildman–Crippen LogP) is 4.51. The molecule has 3 aromatic rings. The fourth-order valence-corrected chi connectivity index (χ4v) is 5.08. The number of fused-ring (bicyclic) bond motifs is 2. The zero-order valence-corrected chi connectivity index (χ0v) is 15.9. The van der Waals surface area contributed by atoms with Gasteiger partial charge in [-0.2, -0.15) is 0 Å². The number of anilines is 1. The fourth-order valence-electron chi connectivity index (χ4n) is 4.00. The SMILES string of the molecule is CC1Cc2ccc(NS(=O)(=O)c3ccc4ccccc4c3)cc2C1CC=O. The van der Waals surface area contributed by atoms with Crippen molar-refractivity contribution >= 4 is 32.8 Å². The lowest BCUT2D eigenvalue weighted by Gasteiger charge is -2.15. The van der Waals surface area contributed by atoms with E-state index in [4.69, 9.17) is 0 Å². The molecule has 0 radical (unpaired) electrons. The van der Waals surface area contributed by atoms with Crippen LogP contribution in [0.4, 0.5) is 5.69 Å². The first-order chi connectivity index (χ1) is 13.0. The molecule has 0 amide bonds. The van der Waals surface area contributed by atoms with Crippen LogP contribution in [0.15, 0.2) is 65.6 Å². The minimum atomic E-state index is -3.69. The standard InChI is InChI=1S/C22H21NO3S/c1-15-12-18-6-8-19(14-22(18)21(15)10-11-24)23-27(25,26)20-9-7-16-4-2-3-5-17(16)13-20/h2-9,11,13-15,21,23H,10,12H2,1H3. The summed E-state index contributed by atoms with van der Waals surface area (Å²) in [5, 5.41) is 1.88. The van der Waals surface area contributed by atoms with Gasteiger partial charge in [-0.3, -0.25) is 4.72 Å². The third-order valence-corrected chi connectivity index (χ3v) is 6.79. The van der Waals surface area contributed by atoms with Crippen molar-refractivity contribution in [1.29, 1.82) is 0 Å². The Balaban J connectivity index is 1.66. The number of carbonyl (C=O) groups is 1. The van der Waals surface area contributed by atoms with Crippen molar-refractivity contribution in [3.63, 3.8) is 0 Å². The maximum atomic E-state index is 12.8. The van der Waals surface area contributed by atoms with E-state index in [1.807, 2.05) is 42.5 Å². The molecule has 4 rings (SSSR count). The van der Waals surface area contributed by atoms with Gasteiger partial charge >= 0.3 is 0 Å². The summed E-state index contributed by atoms with van der Waals surface area (Å²) >= 11 is 0. The summed E-state index contributed by atoms with van der Waals surface area (Å²) < 4.78 is 28.4. The summed E-state index contributed by atoms with van der Waals surface area (Å²) in [7, 11) is -3.69. The summed E-state index contributed by atoms with van der Waals surface area (Å²) in [6.45, 7) is 2.13. The van der Waals surface area contributed by atoms with Crippen LogP contribution < -0.4 is 4.72 Å². The highest BCUT2D eigenvalue weighted by molar-refractivity contribution is 7.92. The first kappa shape index (κ1) is 17.7. The largest absolute Gasteiger partial charge is 0.303 e. The van der Waals surface area contributed by atoms with E-state index in [-0.39, 0.29) is 10.8 Å². The molecular formula is C22H21NO3S. The van der Waals surface area contributed by atoms with Crippen LogP contribution in [-0.2, 0) is 21.2 Å². The second-order valence-electron chi connectivity index (χ2n) is 7.22. The summed E-state index contributed by atoms with van der Waals surface area (Å²) in [4.78, 5) is 11.2. The smallest absolute Gasteiger partial charge is 0.261 e. The van der Waals surface area contributed by atoms with Crippen molar-refractivity contribution < 1.29 is 13.2 Å². The molecule has 2 atom stereocenters. The number of carbonyl (C=O) groups excluding carboxylic acids is 1. The van der Waals surface area contributed by atoms with Crippen molar-refractivity contribution in [1.82, 2.24) is 0 Å². The van der Waals surface area contributed by atoms with E-state index in [2.05, 4.69) is 11.6 Å². The molecule has 138 valence electrons. The molecule has 5 heteroatoms. The molecule has 1 N–H and O–H groups in total. The number of rotatable bonds is 5. The van der Waals surface area contributed by atoms with Crippen molar-refractivity contribution in [3.05, 3.63) is 71.8 Å². The highest BCUT2D eigenvalue weighted by Crippen LogP contribution is 2.40. The molecule has 0 bridgehead atoms. The van der Waals surface area contributed by atoms with E-state index in [1.165, 1.54) is 5.56 Å². The minimum absolute atomic E-state index is 0.155. The van der Waals surface area contributed by atoms with Crippen LogP contribution in [-0.4, -0.2) is 14.7 Å². The Morgan fingerprint density at radius 2 is 1.81 bits per heavy atom. The topological polar surface area (TPSA) is 63.2 Å². The van der Waals surface area contributed by atoms with Gasteiger partial charge in [0.25, 0.3) is 10.0 Å². The third-order valence-electron chi connectivity index (χ3n) is 5.41. The summed E-state index contributed by atoms with van der Waals surface area (Å²) in [6.07, 6.45) is 2.34. The maximum absolute atomic E-state index is 12.8. The molecule has 0 aliphatic heterocycles. The first-order valence-electron chi connectivity index (χ1n) is 9.06. The molecule has 0 heterocycles. The van der Waals surface area contributed by atoms with Crippen LogP contribution in [0, 0.1) is 5.92 Å². The molecule has 0 spiro atoms. The van der Waals surface area contributed by atoms with E-state index < -0.39 is 10.0 Å². The molecule has 0 saturated carbocycles. The van der Waals surface area contributed by atoms with Crippen LogP contribution in [0.1, 0.15) is 30.4 Å². The van der Waals surface area contributed by atoms with Gasteiger partial charge in [-0.05, 0) is 64.4 Å². The normalized spacial score (nSPS) is 19.0. The average molecular weight is 379 g/mol. The second kappa shape index (κ2) is 6.82. The van der Waals surface area contributed by atoms with Crippen molar-refractivity contribution in [2.75, 3.05) is 4.72 Å². The van der Waals surface area contributed by atoms with E-state index in [0.717, 1.165) is 29.0 Å². The molecule has 0 fully saturated rings. The molecule has 4 nitrogen and oxygen atoms in total. The van der Waals surface area contributed by atoms with Gasteiger partial charge in [0, 0.05) is 12.1 Å². The van der Waals surface area contributed by atoms with Gasteiger partial charge in [0.05, 0.1) is 4.90 Å². The molecule has 0 aromatic heterocycles. The lowest BCUT2D eigenvalue weighted by Crippen LogP contribution is -2.13. The zero-order chi connectivity index (χ0) is 19.0. The summed E-state index contributed by atoms with van der Waals surface area (Å²) in [5.74, 6) is 0.542. The number of aldehydes is 1. The first-order valence-corrected chi connectivity index (χ1v) is 10.5. The van der Waals surface area contributed by atoms with E-state index >= 15 is 0 Å². The molecule has 27 heavy (non-hydrogen) atoms. The van der Waals surface area contributed by atoms with Crippen molar-refractivity contribution in [2.45, 2.75) is 30.6 Å². The highest BCUT2D eigenvalue weighted by atomic mass is 32.2. The Kier molecular flexibility index (Phi) is 4.48. The molecule has 1 aliphatic carbocycles. The fraction of sp³-hybridized carbons (Fsp3) is 0.227. The quantitative estimate of drug-likeness (QED) is 0.664. The Morgan fingerprint density at radius 1 is 1.04 bits per heavy atom. The van der Waals surface area contributed by atoms with Crippen molar-refractivity contribution in [2.24, 2.45) is 5.92 Å². The molecule has 3 aromatic carbocycles. The van der Waals surface area contributed by atoms with E-state index in [9.17, 15) is 13.2 Å². The number of hydrogen-bond donors (Lipinski definition) is 1. The Bertz CT molecular complexity index is 1120.